The van der Waals surface area contributed by atoms with Crippen LogP contribution >= 0.6 is 7.82 Å². The van der Waals surface area contributed by atoms with Gasteiger partial charge >= 0.3 is 0 Å². The van der Waals surface area contributed by atoms with Gasteiger partial charge in [0.25, 0.3) is 0 Å². The molecule has 0 heterocycles. The van der Waals surface area contributed by atoms with Crippen LogP contribution in [0.3, 0.4) is 0 Å². The highest BCUT2D eigenvalue weighted by atomic mass is 31.2. The lowest BCUT2D eigenvalue weighted by Crippen LogP contribution is -2.26. The summed E-state index contributed by atoms with van der Waals surface area (Å²) in [5, 5.41) is 9.50. The first-order chi connectivity index (χ1) is 14.0. The molecule has 0 saturated carbocycles. The third-order valence-electron chi connectivity index (χ3n) is 5.76. The minimum atomic E-state index is -5.03. The van der Waals surface area contributed by atoms with Crippen molar-refractivity contribution in [1.82, 2.24) is 0 Å². The number of rotatable bonds is 20. The number of hydrogen-bond acceptors (Lipinski definition) is 6. The van der Waals surface area contributed by atoms with Crippen LogP contribution in [0.5, 0.6) is 0 Å². The van der Waals surface area contributed by atoms with Gasteiger partial charge in [-0.1, -0.05) is 92.4 Å². The molecule has 0 bridgehead atoms. The summed E-state index contributed by atoms with van der Waals surface area (Å²) in [6, 6.07) is 0. The van der Waals surface area contributed by atoms with Crippen molar-refractivity contribution in [1.29, 1.82) is 0 Å². The number of phosphoric acid groups is 1. The molecule has 7 heteroatoms. The molecule has 0 aliphatic rings. The Labute approximate surface area is 185 Å². The van der Waals surface area contributed by atoms with Gasteiger partial charge in [0.15, 0.2) is 0 Å². The number of phosphoric ester groups is 1. The Kier molecular flexibility index (Phi) is 17.6. The predicted octanol–water partition coefficient (Wildman–Crippen LogP) is 4.67. The highest BCUT2D eigenvalue weighted by Gasteiger charge is 2.09. The van der Waals surface area contributed by atoms with Gasteiger partial charge in [-0.3, -0.25) is 0 Å². The molecule has 0 aromatic rings. The lowest BCUT2D eigenvalue weighted by molar-refractivity contribution is -0.342. The molecule has 0 spiro atoms. The molecule has 0 unspecified atom stereocenters. The van der Waals surface area contributed by atoms with E-state index in [2.05, 4.69) is 39.1 Å². The second-order valence-electron chi connectivity index (χ2n) is 9.76. The molecule has 0 amide bonds. The van der Waals surface area contributed by atoms with Crippen LogP contribution in [-0.4, -0.2) is 31.0 Å². The first kappa shape index (κ1) is 30.0. The average molecular weight is 451 g/mol. The molecule has 0 fully saturated rings. The zero-order valence-electron chi connectivity index (χ0n) is 20.0. The zero-order valence-corrected chi connectivity index (χ0v) is 20.9. The van der Waals surface area contributed by atoms with Crippen LogP contribution in [0.15, 0.2) is 0 Å². The first-order valence-corrected chi connectivity index (χ1v) is 13.4. The molecule has 182 valence electrons. The van der Waals surface area contributed by atoms with Crippen LogP contribution in [-0.2, 0) is 13.8 Å². The molecule has 0 aromatic carbocycles. The smallest absolute Gasteiger partial charge is 0.101 e. The van der Waals surface area contributed by atoms with Crippen molar-refractivity contribution in [3.63, 3.8) is 0 Å². The molecule has 0 rings (SSSR count). The van der Waals surface area contributed by atoms with E-state index in [1.165, 1.54) is 57.8 Å². The summed E-state index contributed by atoms with van der Waals surface area (Å²) in [5.74, 6) is 3.01. The van der Waals surface area contributed by atoms with Crippen LogP contribution in [0.4, 0.5) is 0 Å². The topological polar surface area (TPSA) is 102 Å². The molecule has 0 aliphatic heterocycles. The molecular weight excluding hydrogens is 403 g/mol. The molecule has 30 heavy (non-hydrogen) atoms. The molecule has 1 N–H and O–H groups in total. The number of aliphatic hydroxyl groups is 1. The van der Waals surface area contributed by atoms with Crippen molar-refractivity contribution in [2.75, 3.05) is 19.8 Å². The average Bonchev–Trinajstić information content (AvgIpc) is 2.62. The molecule has 4 atom stereocenters. The third-order valence-corrected chi connectivity index (χ3v) is 6.22. The van der Waals surface area contributed by atoms with Gasteiger partial charge in [-0.05, 0) is 30.1 Å². The molecule has 0 radical (unpaired) electrons. The van der Waals surface area contributed by atoms with Crippen molar-refractivity contribution in [3.05, 3.63) is 0 Å². The summed E-state index contributed by atoms with van der Waals surface area (Å²) in [5.41, 5.74) is 0. The summed E-state index contributed by atoms with van der Waals surface area (Å²) < 4.78 is 19.7. The molecule has 0 aliphatic carbocycles. The Balaban J connectivity index is 3.60. The lowest BCUT2D eigenvalue weighted by atomic mass is 9.91. The van der Waals surface area contributed by atoms with Gasteiger partial charge in [-0.25, -0.2) is 0 Å². The fourth-order valence-electron chi connectivity index (χ4n) is 3.67. The standard InChI is InChI=1S/C23H49O6P/c1-19(2)9-6-10-20(3)11-7-12-21(4)13-8-14-22(5)15-16-28-17-23(24)18-29-30(25,26)27/h19-24H,6-18H2,1-5H3,(H2,25,26,27)/p-2/t20-,21-,22-,23+/m1/s1. The van der Waals surface area contributed by atoms with E-state index >= 15 is 0 Å². The SMILES string of the molecule is CC(C)CCC[C@@H](C)CCC[C@@H](C)CCC[C@@H](C)CCOC[C@H](O)COP(=O)([O-])[O-]. The van der Waals surface area contributed by atoms with Crippen LogP contribution in [0.1, 0.15) is 98.8 Å². The van der Waals surface area contributed by atoms with E-state index in [9.17, 15) is 19.5 Å². The Morgan fingerprint density at radius 1 is 0.733 bits per heavy atom. The summed E-state index contributed by atoms with van der Waals surface area (Å²) >= 11 is 0. The van der Waals surface area contributed by atoms with Crippen molar-refractivity contribution in [3.8, 4) is 0 Å². The van der Waals surface area contributed by atoms with Crippen molar-refractivity contribution >= 4 is 7.82 Å². The van der Waals surface area contributed by atoms with Gasteiger partial charge in [-0.2, -0.15) is 0 Å². The fraction of sp³-hybridized carbons (Fsp3) is 1.00. The summed E-state index contributed by atoms with van der Waals surface area (Å²) in [6.07, 6.45) is 11.6. The fourth-order valence-corrected chi connectivity index (χ4v) is 4.02. The van der Waals surface area contributed by atoms with Gasteiger partial charge < -0.3 is 28.7 Å². The highest BCUT2D eigenvalue weighted by molar-refractivity contribution is 7.43. The van der Waals surface area contributed by atoms with E-state index in [1.54, 1.807) is 0 Å². The lowest BCUT2D eigenvalue weighted by Gasteiger charge is -2.29. The van der Waals surface area contributed by atoms with Crippen molar-refractivity contribution in [2.45, 2.75) is 105 Å². The normalized spacial score (nSPS) is 16.6. The zero-order chi connectivity index (χ0) is 23.0. The van der Waals surface area contributed by atoms with E-state index < -0.39 is 20.5 Å². The van der Waals surface area contributed by atoms with E-state index in [4.69, 9.17) is 4.74 Å². The molecule has 6 nitrogen and oxygen atoms in total. The van der Waals surface area contributed by atoms with Gasteiger partial charge in [0, 0.05) is 6.61 Å². The number of hydrogen-bond donors (Lipinski definition) is 1. The first-order valence-electron chi connectivity index (χ1n) is 11.9. The quantitative estimate of drug-likeness (QED) is 0.214. The van der Waals surface area contributed by atoms with E-state index in [0.717, 1.165) is 24.2 Å². The summed E-state index contributed by atoms with van der Waals surface area (Å²) in [4.78, 5) is 20.7. The minimum absolute atomic E-state index is 0.0281. The highest BCUT2D eigenvalue weighted by Crippen LogP contribution is 2.24. The van der Waals surface area contributed by atoms with Gasteiger partial charge in [-0.15, -0.1) is 0 Å². The van der Waals surface area contributed by atoms with Crippen molar-refractivity contribution in [2.24, 2.45) is 23.7 Å². The van der Waals surface area contributed by atoms with Crippen LogP contribution in [0, 0.1) is 23.7 Å². The maximum atomic E-state index is 10.3. The second kappa shape index (κ2) is 17.6. The van der Waals surface area contributed by atoms with Crippen LogP contribution in [0.25, 0.3) is 0 Å². The second-order valence-corrected chi connectivity index (χ2v) is 10.9. The van der Waals surface area contributed by atoms with Gasteiger partial charge in [0.2, 0.25) is 0 Å². The van der Waals surface area contributed by atoms with Crippen LogP contribution in [0.2, 0.25) is 0 Å². The van der Waals surface area contributed by atoms with Gasteiger partial charge in [0.05, 0.1) is 21.0 Å². The number of aliphatic hydroxyl groups excluding tert-OH is 1. The predicted molar refractivity (Wildman–Crippen MR) is 119 cm³/mol. The monoisotopic (exact) mass is 450 g/mol. The Bertz CT molecular complexity index is 439. The Morgan fingerprint density at radius 3 is 1.60 bits per heavy atom. The van der Waals surface area contributed by atoms with E-state index in [-0.39, 0.29) is 6.61 Å². The van der Waals surface area contributed by atoms with Crippen LogP contribution < -0.4 is 9.79 Å². The summed E-state index contributed by atoms with van der Waals surface area (Å²) in [6.45, 7) is 11.5. The molecular formula is C23H47O6P-2. The Hall–Kier alpha value is 0.0300. The largest absolute Gasteiger partial charge is 0.790 e. The molecule has 0 saturated heterocycles. The van der Waals surface area contributed by atoms with Gasteiger partial charge in [0.1, 0.15) is 6.10 Å². The number of ether oxygens (including phenoxy) is 1. The maximum Gasteiger partial charge on any atom is 0.101 e. The third kappa shape index (κ3) is 21.3. The van der Waals surface area contributed by atoms with Crippen molar-refractivity contribution < 1.29 is 28.7 Å². The maximum absolute atomic E-state index is 10.3. The summed E-state index contributed by atoms with van der Waals surface area (Å²) in [7, 11) is -5.03. The van der Waals surface area contributed by atoms with E-state index in [0.29, 0.717) is 12.5 Å². The van der Waals surface area contributed by atoms with E-state index in [1.807, 2.05) is 0 Å². The Morgan fingerprint density at radius 2 is 1.17 bits per heavy atom. The molecule has 0 aromatic heterocycles. The minimum Gasteiger partial charge on any atom is -0.790 e.